The molecule has 1 atom stereocenters. The van der Waals surface area contributed by atoms with Crippen LogP contribution in [0.1, 0.15) is 24.8 Å². The molecule has 0 saturated heterocycles. The van der Waals surface area contributed by atoms with Crippen molar-refractivity contribution in [2.24, 2.45) is 11.0 Å². The topological polar surface area (TPSA) is 96.0 Å². The molecule has 1 aromatic carbocycles. The summed E-state index contributed by atoms with van der Waals surface area (Å²) in [5.74, 6) is -1.14. The van der Waals surface area contributed by atoms with Gasteiger partial charge in [-0.2, -0.15) is 23.3 Å². The van der Waals surface area contributed by atoms with Gasteiger partial charge in [-0.3, -0.25) is 14.9 Å². The van der Waals surface area contributed by atoms with E-state index in [9.17, 15) is 33.2 Å². The Morgan fingerprint density at radius 3 is 2.44 bits per heavy atom. The lowest BCUT2D eigenvalue weighted by atomic mass is 10.0. The number of benzene rings is 1. The standard InChI is InChI=1S/C15H14F3N3O4/c16-15(17,18)14(23)8-12(10-3-4-10)19-20(14)13(22)7-9-1-5-11(6-2-9)21(24)25/h1-2,5-6,10,23H,3-4,7-8H2/t14-/m0/s1. The van der Waals surface area contributed by atoms with Crippen molar-refractivity contribution in [3.63, 3.8) is 0 Å². The summed E-state index contributed by atoms with van der Waals surface area (Å²) < 4.78 is 39.9. The fraction of sp³-hybridized carbons (Fsp3) is 0.467. The Morgan fingerprint density at radius 2 is 1.96 bits per heavy atom. The van der Waals surface area contributed by atoms with Crippen molar-refractivity contribution in [1.29, 1.82) is 0 Å². The number of alkyl halides is 3. The zero-order valence-corrected chi connectivity index (χ0v) is 12.9. The number of rotatable bonds is 4. The van der Waals surface area contributed by atoms with E-state index < -0.39 is 35.6 Å². The van der Waals surface area contributed by atoms with Gasteiger partial charge in [0.15, 0.2) is 0 Å². The summed E-state index contributed by atoms with van der Waals surface area (Å²) in [4.78, 5) is 22.3. The molecule has 0 bridgehead atoms. The van der Waals surface area contributed by atoms with Crippen molar-refractivity contribution in [1.82, 2.24) is 5.01 Å². The molecule has 1 amide bonds. The van der Waals surface area contributed by atoms with Crippen LogP contribution < -0.4 is 0 Å². The van der Waals surface area contributed by atoms with Crippen LogP contribution in [0.25, 0.3) is 0 Å². The van der Waals surface area contributed by atoms with Gasteiger partial charge < -0.3 is 5.11 Å². The highest BCUT2D eigenvalue weighted by atomic mass is 19.4. The van der Waals surface area contributed by atoms with Gasteiger partial charge in [0.2, 0.25) is 5.91 Å². The SMILES string of the molecule is O=C(Cc1ccc([N+](=O)[O-])cc1)N1N=C(C2CC2)C[C@]1(O)C(F)(F)F. The lowest BCUT2D eigenvalue weighted by Crippen LogP contribution is -2.57. The number of non-ortho nitro benzene ring substituents is 1. The maximum absolute atomic E-state index is 13.3. The zero-order chi connectivity index (χ0) is 18.4. The normalized spacial score (nSPS) is 23.5. The molecule has 0 radical (unpaired) electrons. The Kier molecular flexibility index (Phi) is 4.02. The van der Waals surface area contributed by atoms with Gasteiger partial charge >= 0.3 is 6.18 Å². The van der Waals surface area contributed by atoms with Crippen molar-refractivity contribution in [3.8, 4) is 0 Å². The van der Waals surface area contributed by atoms with Gasteiger partial charge in [-0.25, -0.2) is 0 Å². The predicted octanol–water partition coefficient (Wildman–Crippen LogP) is 2.39. The fourth-order valence-electron chi connectivity index (χ4n) is 2.68. The minimum absolute atomic E-state index is 0.113. The highest BCUT2D eigenvalue weighted by Crippen LogP contribution is 2.45. The third-order valence-electron chi connectivity index (χ3n) is 4.25. The summed E-state index contributed by atoms with van der Waals surface area (Å²) in [6.45, 7) is 0. The number of nitrogens with zero attached hydrogens (tertiary/aromatic N) is 3. The summed E-state index contributed by atoms with van der Waals surface area (Å²) >= 11 is 0. The minimum Gasteiger partial charge on any atom is -0.362 e. The summed E-state index contributed by atoms with van der Waals surface area (Å²) in [6, 6.07) is 4.87. The Labute approximate surface area is 139 Å². The van der Waals surface area contributed by atoms with E-state index in [1.807, 2.05) is 0 Å². The van der Waals surface area contributed by atoms with Crippen LogP contribution in [0.5, 0.6) is 0 Å². The number of halogens is 3. The third kappa shape index (κ3) is 3.21. The zero-order valence-electron chi connectivity index (χ0n) is 12.9. The Bertz CT molecular complexity index is 743. The van der Waals surface area contributed by atoms with Crippen LogP contribution in [0.4, 0.5) is 18.9 Å². The van der Waals surface area contributed by atoms with Crippen LogP contribution >= 0.6 is 0 Å². The second-order valence-electron chi connectivity index (χ2n) is 6.16. The van der Waals surface area contributed by atoms with Crippen LogP contribution in [-0.4, -0.2) is 38.6 Å². The van der Waals surface area contributed by atoms with Gasteiger partial charge in [0.25, 0.3) is 11.4 Å². The molecule has 0 aromatic heterocycles. The highest BCUT2D eigenvalue weighted by molar-refractivity contribution is 5.94. The molecule has 1 aliphatic heterocycles. The number of hydrogen-bond acceptors (Lipinski definition) is 5. The minimum atomic E-state index is -5.04. The summed E-state index contributed by atoms with van der Waals surface area (Å²) in [5.41, 5.74) is -3.08. The number of nitro benzene ring substituents is 1. The molecule has 1 fully saturated rings. The van der Waals surface area contributed by atoms with E-state index in [1.165, 1.54) is 12.1 Å². The van der Waals surface area contributed by atoms with Gasteiger partial charge in [-0.1, -0.05) is 12.1 Å². The van der Waals surface area contributed by atoms with Gasteiger partial charge in [-0.15, -0.1) is 0 Å². The van der Waals surface area contributed by atoms with Crippen molar-refractivity contribution in [3.05, 3.63) is 39.9 Å². The smallest absolute Gasteiger partial charge is 0.362 e. The van der Waals surface area contributed by atoms with Gasteiger partial charge in [0.1, 0.15) is 0 Å². The second kappa shape index (κ2) is 5.80. The number of amides is 1. The molecule has 1 N–H and O–H groups in total. The number of hydrazone groups is 1. The molecule has 0 spiro atoms. The molecule has 0 unspecified atom stereocenters. The summed E-state index contributed by atoms with van der Waals surface area (Å²) in [6.07, 6.45) is -4.86. The largest absolute Gasteiger partial charge is 0.438 e. The molecule has 134 valence electrons. The molecule has 10 heteroatoms. The van der Waals surface area contributed by atoms with E-state index in [1.54, 1.807) is 0 Å². The van der Waals surface area contributed by atoms with E-state index >= 15 is 0 Å². The molecule has 1 aromatic rings. The molecule has 25 heavy (non-hydrogen) atoms. The van der Waals surface area contributed by atoms with Crippen LogP contribution in [-0.2, 0) is 11.2 Å². The molecule has 1 aliphatic carbocycles. The van der Waals surface area contributed by atoms with Gasteiger partial charge in [0.05, 0.1) is 11.3 Å². The Balaban J connectivity index is 1.81. The first-order valence-electron chi connectivity index (χ1n) is 7.55. The maximum atomic E-state index is 13.3. The van der Waals surface area contributed by atoms with Gasteiger partial charge in [-0.05, 0) is 24.3 Å². The molecular formula is C15H14F3N3O4. The van der Waals surface area contributed by atoms with Crippen molar-refractivity contribution >= 4 is 17.3 Å². The lowest BCUT2D eigenvalue weighted by Gasteiger charge is -2.32. The lowest BCUT2D eigenvalue weighted by molar-refractivity contribution is -0.384. The molecule has 3 rings (SSSR count). The first kappa shape index (κ1) is 17.3. The number of nitro groups is 1. The first-order valence-corrected chi connectivity index (χ1v) is 7.55. The van der Waals surface area contributed by atoms with Gasteiger partial charge in [0, 0.05) is 24.3 Å². The van der Waals surface area contributed by atoms with Crippen LogP contribution in [0.2, 0.25) is 0 Å². The molecule has 1 saturated carbocycles. The third-order valence-corrected chi connectivity index (χ3v) is 4.25. The molecule has 2 aliphatic rings. The summed E-state index contributed by atoms with van der Waals surface area (Å²) in [5, 5.41) is 24.5. The van der Waals surface area contributed by atoms with Crippen molar-refractivity contribution < 1.29 is 28.0 Å². The van der Waals surface area contributed by atoms with E-state index in [0.29, 0.717) is 12.8 Å². The molecule has 7 nitrogen and oxygen atoms in total. The number of carbonyl (C=O) groups excluding carboxylic acids is 1. The molecular weight excluding hydrogens is 343 g/mol. The van der Waals surface area contributed by atoms with Crippen molar-refractivity contribution in [2.45, 2.75) is 37.6 Å². The van der Waals surface area contributed by atoms with E-state index in [0.717, 1.165) is 12.1 Å². The van der Waals surface area contributed by atoms with E-state index in [-0.39, 0.29) is 27.9 Å². The fourth-order valence-corrected chi connectivity index (χ4v) is 2.68. The number of aliphatic hydroxyl groups is 1. The first-order chi connectivity index (χ1) is 11.6. The van der Waals surface area contributed by atoms with E-state index in [4.69, 9.17) is 0 Å². The average Bonchev–Trinajstić information content (AvgIpc) is 3.30. The van der Waals surface area contributed by atoms with E-state index in [2.05, 4.69) is 5.10 Å². The molecule has 1 heterocycles. The number of hydrogen-bond donors (Lipinski definition) is 1. The highest BCUT2D eigenvalue weighted by Gasteiger charge is 2.64. The summed E-state index contributed by atoms with van der Waals surface area (Å²) in [7, 11) is 0. The van der Waals surface area contributed by atoms with Crippen molar-refractivity contribution in [2.75, 3.05) is 0 Å². The number of carbonyl (C=O) groups is 1. The predicted molar refractivity (Wildman–Crippen MR) is 79.4 cm³/mol. The van der Waals surface area contributed by atoms with Crippen LogP contribution in [0.3, 0.4) is 0 Å². The monoisotopic (exact) mass is 357 g/mol. The maximum Gasteiger partial charge on any atom is 0.438 e. The van der Waals surface area contributed by atoms with Crippen LogP contribution in [0, 0.1) is 16.0 Å². The average molecular weight is 357 g/mol. The second-order valence-corrected chi connectivity index (χ2v) is 6.16. The Hall–Kier alpha value is -2.49. The van der Waals surface area contributed by atoms with Crippen LogP contribution in [0.15, 0.2) is 29.4 Å². The quantitative estimate of drug-likeness (QED) is 0.661. The Morgan fingerprint density at radius 1 is 1.36 bits per heavy atom.